The Balaban J connectivity index is 2.06. The van der Waals surface area contributed by atoms with E-state index in [0.717, 1.165) is 0 Å². The number of nitrogens with two attached hydrogens (primary N) is 1. The van der Waals surface area contributed by atoms with Crippen molar-refractivity contribution in [1.82, 2.24) is 9.78 Å². The Kier molecular flexibility index (Phi) is 5.01. The summed E-state index contributed by atoms with van der Waals surface area (Å²) in [6, 6.07) is 8.41. The van der Waals surface area contributed by atoms with Gasteiger partial charge in [0.2, 0.25) is 0 Å². The number of primary amides is 1. The van der Waals surface area contributed by atoms with Gasteiger partial charge in [-0.2, -0.15) is 5.10 Å². The van der Waals surface area contributed by atoms with Crippen LogP contribution in [0.15, 0.2) is 42.6 Å². The molecule has 1 atom stereocenters. The molecule has 144 valence electrons. The third-order valence-corrected chi connectivity index (χ3v) is 4.25. The first kappa shape index (κ1) is 19.3. The molecular formula is C20H16F3N3O2. The molecular weight excluding hydrogens is 371 g/mol. The highest BCUT2D eigenvalue weighted by Crippen LogP contribution is 2.29. The predicted molar refractivity (Wildman–Crippen MR) is 97.7 cm³/mol. The van der Waals surface area contributed by atoms with Gasteiger partial charge in [-0.05, 0) is 43.7 Å². The molecule has 0 spiro atoms. The van der Waals surface area contributed by atoms with Crippen LogP contribution in [-0.2, 0) is 0 Å². The number of alkyl halides is 3. The number of fused-ring (bicyclic) bond motifs is 1. The van der Waals surface area contributed by atoms with Gasteiger partial charge in [0.25, 0.3) is 5.91 Å². The molecule has 8 heteroatoms. The highest BCUT2D eigenvalue weighted by molar-refractivity contribution is 6.06. The summed E-state index contributed by atoms with van der Waals surface area (Å²) in [7, 11) is 0. The van der Waals surface area contributed by atoms with E-state index in [1.54, 1.807) is 29.9 Å². The summed E-state index contributed by atoms with van der Waals surface area (Å²) >= 11 is 0. The first-order valence-corrected chi connectivity index (χ1v) is 8.29. The third-order valence-electron chi connectivity index (χ3n) is 4.25. The van der Waals surface area contributed by atoms with Crippen molar-refractivity contribution in [3.63, 3.8) is 0 Å². The summed E-state index contributed by atoms with van der Waals surface area (Å²) < 4.78 is 42.5. The highest BCUT2D eigenvalue weighted by Gasteiger charge is 2.31. The van der Waals surface area contributed by atoms with Gasteiger partial charge in [0, 0.05) is 10.9 Å². The molecule has 1 amide bonds. The molecule has 2 aromatic carbocycles. The van der Waals surface area contributed by atoms with Crippen LogP contribution in [-0.4, -0.2) is 22.1 Å². The number of aromatic nitrogens is 2. The predicted octanol–water partition coefficient (Wildman–Crippen LogP) is 4.01. The van der Waals surface area contributed by atoms with Gasteiger partial charge in [-0.1, -0.05) is 18.1 Å². The molecule has 0 fully saturated rings. The smallest absolute Gasteiger partial charge is 0.406 e. The van der Waals surface area contributed by atoms with E-state index in [0.29, 0.717) is 22.0 Å². The number of halogens is 3. The van der Waals surface area contributed by atoms with Crippen LogP contribution in [0.4, 0.5) is 13.2 Å². The van der Waals surface area contributed by atoms with E-state index in [9.17, 15) is 18.0 Å². The van der Waals surface area contributed by atoms with Crippen LogP contribution in [0.2, 0.25) is 0 Å². The summed E-state index contributed by atoms with van der Waals surface area (Å²) in [6.07, 6.45) is -3.16. The Morgan fingerprint density at radius 2 is 1.89 bits per heavy atom. The van der Waals surface area contributed by atoms with Crippen molar-refractivity contribution in [2.45, 2.75) is 26.3 Å². The highest BCUT2D eigenvalue weighted by atomic mass is 19.4. The number of rotatable bonds is 4. The van der Waals surface area contributed by atoms with Crippen molar-refractivity contribution in [3.8, 4) is 17.6 Å². The molecule has 0 saturated carbocycles. The second-order valence-electron chi connectivity index (χ2n) is 6.04. The average molecular weight is 387 g/mol. The van der Waals surface area contributed by atoms with E-state index in [2.05, 4.69) is 21.7 Å². The molecule has 3 rings (SSSR count). The summed E-state index contributed by atoms with van der Waals surface area (Å²) in [6.45, 7) is 3.51. The summed E-state index contributed by atoms with van der Waals surface area (Å²) in [5.74, 6) is 4.85. The van der Waals surface area contributed by atoms with Crippen LogP contribution >= 0.6 is 0 Å². The number of benzene rings is 2. The summed E-state index contributed by atoms with van der Waals surface area (Å²) in [4.78, 5) is 11.9. The molecule has 3 aromatic rings. The normalized spacial score (nSPS) is 12.3. The number of hydrogen-bond donors (Lipinski definition) is 1. The maximum atomic E-state index is 12.3. The number of hydrogen-bond acceptors (Lipinski definition) is 3. The Morgan fingerprint density at radius 1 is 1.21 bits per heavy atom. The second-order valence-corrected chi connectivity index (χ2v) is 6.04. The van der Waals surface area contributed by atoms with Gasteiger partial charge in [0.1, 0.15) is 5.75 Å². The van der Waals surface area contributed by atoms with E-state index in [1.807, 2.05) is 6.92 Å². The lowest BCUT2D eigenvalue weighted by molar-refractivity contribution is -0.274. The van der Waals surface area contributed by atoms with Crippen molar-refractivity contribution in [2.24, 2.45) is 5.73 Å². The molecule has 1 aromatic heterocycles. The summed E-state index contributed by atoms with van der Waals surface area (Å²) in [5.41, 5.74) is 7.71. The van der Waals surface area contributed by atoms with Crippen molar-refractivity contribution in [1.29, 1.82) is 0 Å². The summed E-state index contributed by atoms with van der Waals surface area (Å²) in [5, 5.41) is 5.04. The van der Waals surface area contributed by atoms with E-state index < -0.39 is 12.3 Å². The average Bonchev–Trinajstić information content (AvgIpc) is 3.06. The van der Waals surface area contributed by atoms with Gasteiger partial charge in [-0.25, -0.2) is 0 Å². The van der Waals surface area contributed by atoms with Gasteiger partial charge in [0.15, 0.2) is 0 Å². The van der Waals surface area contributed by atoms with E-state index in [1.165, 1.54) is 24.3 Å². The zero-order valence-corrected chi connectivity index (χ0v) is 15.0. The molecule has 1 heterocycles. The van der Waals surface area contributed by atoms with Crippen molar-refractivity contribution in [3.05, 3.63) is 59.3 Å². The molecule has 0 aliphatic carbocycles. The lowest BCUT2D eigenvalue weighted by Gasteiger charge is -2.16. The van der Waals surface area contributed by atoms with Crippen LogP contribution in [0.25, 0.3) is 10.9 Å². The van der Waals surface area contributed by atoms with E-state index in [-0.39, 0.29) is 17.4 Å². The monoisotopic (exact) mass is 387 g/mol. The Hall–Kier alpha value is -3.47. The minimum atomic E-state index is -4.75. The SMILES string of the molecule is CC#Cc1ccc(C(N)=O)c2c1cnn2C(C)c1ccc(OC(F)(F)F)cc1. The molecule has 5 nitrogen and oxygen atoms in total. The Labute approximate surface area is 158 Å². The Morgan fingerprint density at radius 3 is 2.46 bits per heavy atom. The number of carbonyl (C=O) groups is 1. The van der Waals surface area contributed by atoms with Crippen LogP contribution in [0.1, 0.15) is 41.4 Å². The van der Waals surface area contributed by atoms with Gasteiger partial charge >= 0.3 is 6.36 Å². The lowest BCUT2D eigenvalue weighted by Crippen LogP contribution is -2.17. The molecule has 0 aliphatic heterocycles. The maximum Gasteiger partial charge on any atom is 0.573 e. The van der Waals surface area contributed by atoms with E-state index in [4.69, 9.17) is 5.73 Å². The van der Waals surface area contributed by atoms with Crippen LogP contribution < -0.4 is 10.5 Å². The fourth-order valence-corrected chi connectivity index (χ4v) is 2.99. The molecule has 28 heavy (non-hydrogen) atoms. The minimum Gasteiger partial charge on any atom is -0.406 e. The van der Waals surface area contributed by atoms with Crippen molar-refractivity contribution in [2.75, 3.05) is 0 Å². The lowest BCUT2D eigenvalue weighted by atomic mass is 10.0. The first-order chi connectivity index (χ1) is 13.2. The first-order valence-electron chi connectivity index (χ1n) is 8.29. The molecule has 0 aliphatic rings. The van der Waals surface area contributed by atoms with Gasteiger partial charge in [-0.15, -0.1) is 19.1 Å². The third kappa shape index (κ3) is 3.78. The van der Waals surface area contributed by atoms with E-state index >= 15 is 0 Å². The van der Waals surface area contributed by atoms with Crippen LogP contribution in [0, 0.1) is 11.8 Å². The fourth-order valence-electron chi connectivity index (χ4n) is 2.99. The number of ether oxygens (including phenoxy) is 1. The number of amides is 1. The largest absolute Gasteiger partial charge is 0.573 e. The standard InChI is InChI=1S/C20H16F3N3O2/c1-3-4-14-7-10-16(19(24)27)18-17(14)11-25-26(18)12(2)13-5-8-15(9-6-13)28-20(21,22)23/h5-12H,1-2H3,(H2,24,27). The van der Waals surface area contributed by atoms with Crippen LogP contribution in [0.5, 0.6) is 5.75 Å². The fraction of sp³-hybridized carbons (Fsp3) is 0.200. The van der Waals surface area contributed by atoms with Crippen molar-refractivity contribution >= 4 is 16.8 Å². The van der Waals surface area contributed by atoms with Crippen LogP contribution in [0.3, 0.4) is 0 Å². The second kappa shape index (κ2) is 7.27. The number of nitrogens with zero attached hydrogens (tertiary/aromatic N) is 2. The molecule has 2 N–H and O–H groups in total. The molecule has 0 bridgehead atoms. The molecule has 1 unspecified atom stereocenters. The van der Waals surface area contributed by atoms with Gasteiger partial charge < -0.3 is 10.5 Å². The molecule has 0 saturated heterocycles. The topological polar surface area (TPSA) is 70.1 Å². The Bertz CT molecular complexity index is 1090. The number of carbonyl (C=O) groups excluding carboxylic acids is 1. The maximum absolute atomic E-state index is 12.3. The zero-order chi connectivity index (χ0) is 20.5. The minimum absolute atomic E-state index is 0.290. The zero-order valence-electron chi connectivity index (χ0n) is 15.0. The molecule has 0 radical (unpaired) electrons. The van der Waals surface area contributed by atoms with Crippen molar-refractivity contribution < 1.29 is 22.7 Å². The van der Waals surface area contributed by atoms with Gasteiger partial charge in [0.05, 0.1) is 23.3 Å². The quantitative estimate of drug-likeness (QED) is 0.688. The van der Waals surface area contributed by atoms with Gasteiger partial charge in [-0.3, -0.25) is 9.48 Å².